The Kier molecular flexibility index (Phi) is 10.9. The highest BCUT2D eigenvalue weighted by atomic mass is 79.9. The van der Waals surface area contributed by atoms with Crippen LogP contribution in [0.15, 0.2) is 34.8 Å². The molecule has 1 aromatic rings. The first-order chi connectivity index (χ1) is 14.3. The summed E-state index contributed by atoms with van der Waals surface area (Å²) in [5.74, 6) is -0.342. The predicted octanol–water partition coefficient (Wildman–Crippen LogP) is 5.07. The second kappa shape index (κ2) is 12.8. The molecular weight excluding hydrogens is 463 g/mol. The first-order valence-electron chi connectivity index (χ1n) is 10.7. The van der Waals surface area contributed by atoms with Crippen molar-refractivity contribution in [2.24, 2.45) is 17.8 Å². The molecule has 0 spiro atoms. The molecule has 0 aliphatic heterocycles. The van der Waals surface area contributed by atoms with Gasteiger partial charge in [-0.3, -0.25) is 4.79 Å². The number of aliphatic hydroxyl groups is 2. The summed E-state index contributed by atoms with van der Waals surface area (Å²) in [5.41, 5.74) is 0. The van der Waals surface area contributed by atoms with Crippen molar-refractivity contribution in [3.8, 4) is 0 Å². The number of halogens is 1. The standard InChI is InChI=1S/C23H32BBrO4S/c1-15-21(25)13-18(30-15)10-8-17(26)9-11-19-16(14-24)12-22(27)20(19)6-4-2-3-5-7-23(28)29/h2,4,9,11,13,16-17,19-20,22,26-27H,3,5-8,10,12,14H2,1H3,(H,28,29)/b4-2-,11-9+/t16-,17-,19-,20+,22?/m0/s1. The lowest BCUT2D eigenvalue weighted by atomic mass is 9.80. The van der Waals surface area contributed by atoms with Crippen LogP contribution in [0.25, 0.3) is 0 Å². The molecule has 1 aliphatic rings. The number of rotatable bonds is 12. The third-order valence-electron chi connectivity index (χ3n) is 5.87. The summed E-state index contributed by atoms with van der Waals surface area (Å²) >= 11 is 5.28. The minimum Gasteiger partial charge on any atom is -0.481 e. The van der Waals surface area contributed by atoms with Crippen LogP contribution in [0, 0.1) is 24.7 Å². The van der Waals surface area contributed by atoms with Gasteiger partial charge in [-0.1, -0.05) is 30.6 Å². The van der Waals surface area contributed by atoms with Crippen LogP contribution in [0.2, 0.25) is 6.32 Å². The van der Waals surface area contributed by atoms with Crippen LogP contribution in [-0.4, -0.2) is 41.3 Å². The maximum absolute atomic E-state index is 10.6. The van der Waals surface area contributed by atoms with Crippen LogP contribution in [-0.2, 0) is 11.2 Å². The second-order valence-corrected chi connectivity index (χ2v) is 10.3. The predicted molar refractivity (Wildman–Crippen MR) is 127 cm³/mol. The maximum Gasteiger partial charge on any atom is 0.303 e. The van der Waals surface area contributed by atoms with Crippen LogP contribution in [0.3, 0.4) is 0 Å². The average molecular weight is 495 g/mol. The van der Waals surface area contributed by atoms with E-state index in [2.05, 4.69) is 35.0 Å². The molecule has 2 radical (unpaired) electrons. The van der Waals surface area contributed by atoms with Gasteiger partial charge in [-0.05, 0) is 85.2 Å². The monoisotopic (exact) mass is 494 g/mol. The fraction of sp³-hybridized carbons (Fsp3) is 0.609. The van der Waals surface area contributed by atoms with Crippen LogP contribution >= 0.6 is 27.3 Å². The third kappa shape index (κ3) is 7.99. The quantitative estimate of drug-likeness (QED) is 0.215. The highest BCUT2D eigenvalue weighted by Crippen LogP contribution is 2.42. The van der Waals surface area contributed by atoms with Crippen molar-refractivity contribution >= 4 is 41.1 Å². The number of hydrogen-bond acceptors (Lipinski definition) is 4. The summed E-state index contributed by atoms with van der Waals surface area (Å²) < 4.78 is 1.12. The van der Waals surface area contributed by atoms with E-state index in [1.54, 1.807) is 11.3 Å². The Morgan fingerprint density at radius 3 is 2.83 bits per heavy atom. The van der Waals surface area contributed by atoms with Gasteiger partial charge in [0.2, 0.25) is 0 Å². The molecule has 1 saturated carbocycles. The molecule has 7 heteroatoms. The maximum atomic E-state index is 10.6. The normalized spacial score (nSPS) is 25.5. The minimum atomic E-state index is -0.772. The largest absolute Gasteiger partial charge is 0.481 e. The minimum absolute atomic E-state index is 0.0774. The molecule has 1 aromatic heterocycles. The smallest absolute Gasteiger partial charge is 0.303 e. The van der Waals surface area contributed by atoms with E-state index < -0.39 is 18.2 Å². The first kappa shape index (κ1) is 25.4. The Morgan fingerprint density at radius 2 is 2.20 bits per heavy atom. The van der Waals surface area contributed by atoms with Gasteiger partial charge in [-0.25, -0.2) is 0 Å². The van der Waals surface area contributed by atoms with Crippen LogP contribution < -0.4 is 0 Å². The van der Waals surface area contributed by atoms with E-state index in [0.29, 0.717) is 25.6 Å². The zero-order valence-electron chi connectivity index (χ0n) is 17.5. The van der Waals surface area contributed by atoms with Gasteiger partial charge in [-0.15, -0.1) is 11.3 Å². The zero-order chi connectivity index (χ0) is 22.1. The molecule has 1 fully saturated rings. The number of hydrogen-bond donors (Lipinski definition) is 3. The molecule has 1 unspecified atom stereocenters. The summed E-state index contributed by atoms with van der Waals surface area (Å²) in [6, 6.07) is 2.12. The van der Waals surface area contributed by atoms with Gasteiger partial charge in [0.25, 0.3) is 0 Å². The molecule has 1 heterocycles. The molecule has 0 saturated heterocycles. The zero-order valence-corrected chi connectivity index (χ0v) is 19.9. The lowest BCUT2D eigenvalue weighted by Gasteiger charge is -2.21. The van der Waals surface area contributed by atoms with E-state index >= 15 is 0 Å². The van der Waals surface area contributed by atoms with Crippen molar-refractivity contribution in [2.75, 3.05) is 0 Å². The van der Waals surface area contributed by atoms with Crippen LogP contribution in [0.5, 0.6) is 0 Å². The van der Waals surface area contributed by atoms with Gasteiger partial charge in [0, 0.05) is 20.6 Å². The summed E-state index contributed by atoms with van der Waals surface area (Å²) in [4.78, 5) is 13.1. The molecule has 2 rings (SSSR count). The third-order valence-corrected chi connectivity index (χ3v) is 8.06. The van der Waals surface area contributed by atoms with E-state index in [4.69, 9.17) is 13.0 Å². The van der Waals surface area contributed by atoms with Crippen molar-refractivity contribution in [3.05, 3.63) is 44.6 Å². The summed E-state index contributed by atoms with van der Waals surface area (Å²) in [6.07, 6.45) is 12.0. The highest BCUT2D eigenvalue weighted by molar-refractivity contribution is 9.10. The number of carboxylic acid groups (broad SMARTS) is 1. The Bertz CT molecular complexity index is 713. The lowest BCUT2D eigenvalue weighted by molar-refractivity contribution is -0.137. The van der Waals surface area contributed by atoms with E-state index in [0.717, 1.165) is 23.7 Å². The molecule has 5 atom stereocenters. The van der Waals surface area contributed by atoms with E-state index in [1.165, 1.54) is 9.75 Å². The van der Waals surface area contributed by atoms with Gasteiger partial charge in [0.15, 0.2) is 0 Å². The van der Waals surface area contributed by atoms with Gasteiger partial charge in [0.1, 0.15) is 0 Å². The topological polar surface area (TPSA) is 77.8 Å². The van der Waals surface area contributed by atoms with Crippen LogP contribution in [0.4, 0.5) is 0 Å². The molecule has 3 N–H and O–H groups in total. The molecule has 0 bridgehead atoms. The number of aliphatic hydroxyl groups excluding tert-OH is 2. The highest BCUT2D eigenvalue weighted by Gasteiger charge is 2.39. The van der Waals surface area contributed by atoms with Gasteiger partial charge >= 0.3 is 5.97 Å². The number of unbranched alkanes of at least 4 members (excludes halogenated alkanes) is 1. The number of aryl methyl sites for hydroxylation is 2. The fourth-order valence-corrected chi connectivity index (χ4v) is 5.76. The van der Waals surface area contributed by atoms with Gasteiger partial charge in [0.05, 0.1) is 20.1 Å². The van der Waals surface area contributed by atoms with Gasteiger partial charge in [-0.2, -0.15) is 0 Å². The molecular formula is C23H32BBrO4S. The summed E-state index contributed by atoms with van der Waals surface area (Å²) in [5, 5.41) is 29.6. The number of allylic oxidation sites excluding steroid dienone is 3. The fourth-order valence-electron chi connectivity index (χ4n) is 4.14. The lowest BCUT2D eigenvalue weighted by Crippen LogP contribution is -2.19. The number of carboxylic acids is 1. The van der Waals surface area contributed by atoms with E-state index in [-0.39, 0.29) is 24.2 Å². The second-order valence-electron chi connectivity index (χ2n) is 8.14. The molecule has 1 aliphatic carbocycles. The Hall–Kier alpha value is -0.885. The Morgan fingerprint density at radius 1 is 1.43 bits per heavy atom. The summed E-state index contributed by atoms with van der Waals surface area (Å²) in [7, 11) is 5.94. The van der Waals surface area contributed by atoms with Crippen molar-refractivity contribution in [2.45, 2.75) is 70.4 Å². The average Bonchev–Trinajstić information content (AvgIpc) is 3.19. The van der Waals surface area contributed by atoms with Gasteiger partial charge < -0.3 is 15.3 Å². The molecule has 30 heavy (non-hydrogen) atoms. The SMILES string of the molecule is [B]C[C@@H]1CC(O)[C@H](C/C=C\CCCC(=O)O)[C@H]1/C=C/[C@@H](O)CCc1cc(Br)c(C)s1. The molecule has 0 aromatic carbocycles. The molecule has 0 amide bonds. The molecule has 4 nitrogen and oxygen atoms in total. The van der Waals surface area contributed by atoms with E-state index in [1.807, 2.05) is 18.2 Å². The van der Waals surface area contributed by atoms with E-state index in [9.17, 15) is 15.0 Å². The van der Waals surface area contributed by atoms with Crippen LogP contribution in [0.1, 0.15) is 48.3 Å². The van der Waals surface area contributed by atoms with Crippen molar-refractivity contribution in [1.82, 2.24) is 0 Å². The number of carbonyl (C=O) groups is 1. The first-order valence-corrected chi connectivity index (χ1v) is 12.3. The molecule has 164 valence electrons. The number of thiophene rings is 1. The van der Waals surface area contributed by atoms with Crippen molar-refractivity contribution in [1.29, 1.82) is 0 Å². The summed E-state index contributed by atoms with van der Waals surface area (Å²) in [6.45, 7) is 2.08. The Labute approximate surface area is 193 Å². The number of aliphatic carboxylic acids is 1. The Balaban J connectivity index is 1.88. The van der Waals surface area contributed by atoms with Crippen molar-refractivity contribution in [3.63, 3.8) is 0 Å². The van der Waals surface area contributed by atoms with Crippen molar-refractivity contribution < 1.29 is 20.1 Å².